The van der Waals surface area contributed by atoms with Crippen LogP contribution in [0.1, 0.15) is 16.9 Å². The summed E-state index contributed by atoms with van der Waals surface area (Å²) in [5, 5.41) is 9.86. The molecule has 0 aliphatic carbocycles. The van der Waals surface area contributed by atoms with E-state index in [-0.39, 0.29) is 18.9 Å². The summed E-state index contributed by atoms with van der Waals surface area (Å²) in [6, 6.07) is 6.81. The third-order valence-corrected chi connectivity index (χ3v) is 3.96. The number of rotatable bonds is 4. The lowest BCUT2D eigenvalue weighted by atomic mass is 10.1. The van der Waals surface area contributed by atoms with Gasteiger partial charge in [-0.2, -0.15) is 0 Å². The van der Waals surface area contributed by atoms with Crippen LogP contribution in [-0.2, 0) is 9.53 Å². The maximum Gasteiger partial charge on any atom is 0.305 e. The van der Waals surface area contributed by atoms with Gasteiger partial charge in [-0.3, -0.25) is 9.59 Å². The molecule has 2 heterocycles. The zero-order chi connectivity index (χ0) is 16.4. The highest BCUT2D eigenvalue weighted by molar-refractivity contribution is 5.98. The van der Waals surface area contributed by atoms with Crippen LogP contribution in [0.5, 0.6) is 5.75 Å². The predicted octanol–water partition coefficient (Wildman–Crippen LogP) is 1.49. The van der Waals surface area contributed by atoms with Gasteiger partial charge < -0.3 is 24.5 Å². The lowest BCUT2D eigenvalue weighted by molar-refractivity contribution is -0.139. The fraction of sp³-hybridized carbons (Fsp3) is 0.375. The zero-order valence-corrected chi connectivity index (χ0v) is 12.7. The second kappa shape index (κ2) is 6.29. The molecular weight excluding hydrogens is 300 g/mol. The average molecular weight is 318 g/mol. The summed E-state index contributed by atoms with van der Waals surface area (Å²) in [7, 11) is 1.59. The summed E-state index contributed by atoms with van der Waals surface area (Å²) in [4.78, 5) is 28.4. The molecule has 23 heavy (non-hydrogen) atoms. The standard InChI is InChI=1S/C16H18N2O5/c1-22-12-2-3-13-10(6-12)7-14(17-13)16(21)18-4-5-23-9-11(18)8-15(19)20/h2-3,6-7,11,17H,4-5,8-9H2,1H3,(H,19,20)/t11-/m1/s1. The number of amides is 1. The van der Waals surface area contributed by atoms with Gasteiger partial charge in [0.05, 0.1) is 32.8 Å². The van der Waals surface area contributed by atoms with Gasteiger partial charge in [0.1, 0.15) is 11.4 Å². The molecule has 0 unspecified atom stereocenters. The van der Waals surface area contributed by atoms with Crippen LogP contribution in [0.2, 0.25) is 0 Å². The molecule has 1 aliphatic heterocycles. The largest absolute Gasteiger partial charge is 0.497 e. The number of carbonyl (C=O) groups excluding carboxylic acids is 1. The molecule has 1 aromatic heterocycles. The number of carboxylic acids is 1. The van der Waals surface area contributed by atoms with Crippen molar-refractivity contribution in [1.29, 1.82) is 0 Å². The molecule has 2 aromatic rings. The Labute approximate surface area is 132 Å². The number of morpholine rings is 1. The van der Waals surface area contributed by atoms with Crippen LogP contribution in [0.4, 0.5) is 0 Å². The van der Waals surface area contributed by atoms with E-state index in [2.05, 4.69) is 4.98 Å². The van der Waals surface area contributed by atoms with Gasteiger partial charge in [0.15, 0.2) is 0 Å². The molecule has 0 spiro atoms. The van der Waals surface area contributed by atoms with Crippen molar-refractivity contribution in [2.45, 2.75) is 12.5 Å². The molecule has 0 bridgehead atoms. The first-order valence-electron chi connectivity index (χ1n) is 7.36. The molecule has 1 fully saturated rings. The van der Waals surface area contributed by atoms with Gasteiger partial charge in [-0.15, -0.1) is 0 Å². The van der Waals surface area contributed by atoms with Crippen molar-refractivity contribution >= 4 is 22.8 Å². The number of carboxylic acid groups (broad SMARTS) is 1. The quantitative estimate of drug-likeness (QED) is 0.891. The second-order valence-electron chi connectivity index (χ2n) is 5.46. The van der Waals surface area contributed by atoms with Crippen LogP contribution in [0.15, 0.2) is 24.3 Å². The van der Waals surface area contributed by atoms with Gasteiger partial charge in [0, 0.05) is 17.4 Å². The van der Waals surface area contributed by atoms with E-state index in [9.17, 15) is 9.59 Å². The maximum absolute atomic E-state index is 12.7. The minimum atomic E-state index is -0.945. The molecule has 1 saturated heterocycles. The average Bonchev–Trinajstić information content (AvgIpc) is 2.97. The van der Waals surface area contributed by atoms with Crippen molar-refractivity contribution in [2.75, 3.05) is 26.9 Å². The highest BCUT2D eigenvalue weighted by atomic mass is 16.5. The smallest absolute Gasteiger partial charge is 0.305 e. The molecule has 7 nitrogen and oxygen atoms in total. The monoisotopic (exact) mass is 318 g/mol. The van der Waals surface area contributed by atoms with Crippen LogP contribution in [0, 0.1) is 0 Å². The summed E-state index contributed by atoms with van der Waals surface area (Å²) >= 11 is 0. The minimum absolute atomic E-state index is 0.125. The summed E-state index contributed by atoms with van der Waals surface area (Å²) in [5.41, 5.74) is 1.27. The maximum atomic E-state index is 12.7. The fourth-order valence-electron chi connectivity index (χ4n) is 2.80. The van der Waals surface area contributed by atoms with Crippen molar-refractivity contribution in [2.24, 2.45) is 0 Å². The first-order valence-corrected chi connectivity index (χ1v) is 7.36. The van der Waals surface area contributed by atoms with E-state index in [1.54, 1.807) is 18.1 Å². The van der Waals surface area contributed by atoms with Crippen molar-refractivity contribution < 1.29 is 24.2 Å². The summed E-state index contributed by atoms with van der Waals surface area (Å²) in [6.45, 7) is 1.04. The molecule has 3 rings (SSSR count). The number of hydrogen-bond donors (Lipinski definition) is 2. The van der Waals surface area contributed by atoms with E-state index >= 15 is 0 Å². The number of fused-ring (bicyclic) bond motifs is 1. The fourth-order valence-corrected chi connectivity index (χ4v) is 2.80. The van der Waals surface area contributed by atoms with Crippen LogP contribution in [-0.4, -0.2) is 59.8 Å². The van der Waals surface area contributed by atoms with Crippen LogP contribution >= 0.6 is 0 Å². The van der Waals surface area contributed by atoms with E-state index in [0.717, 1.165) is 10.9 Å². The number of methoxy groups -OCH3 is 1. The van der Waals surface area contributed by atoms with Crippen LogP contribution in [0.25, 0.3) is 10.9 Å². The number of carbonyl (C=O) groups is 2. The molecule has 0 radical (unpaired) electrons. The topological polar surface area (TPSA) is 91.9 Å². The van der Waals surface area contributed by atoms with E-state index in [0.29, 0.717) is 24.6 Å². The number of aromatic amines is 1. The summed E-state index contributed by atoms with van der Waals surface area (Å²) in [5.74, 6) is -0.444. The Hall–Kier alpha value is -2.54. The van der Waals surface area contributed by atoms with Gasteiger partial charge in [-0.1, -0.05) is 0 Å². The molecule has 0 saturated carbocycles. The number of ether oxygens (including phenoxy) is 2. The Morgan fingerprint density at radius 2 is 2.26 bits per heavy atom. The zero-order valence-electron chi connectivity index (χ0n) is 12.7. The third-order valence-electron chi connectivity index (χ3n) is 3.96. The Morgan fingerprint density at radius 3 is 3.00 bits per heavy atom. The van der Waals surface area contributed by atoms with Crippen molar-refractivity contribution in [3.8, 4) is 5.75 Å². The van der Waals surface area contributed by atoms with Crippen LogP contribution < -0.4 is 4.74 Å². The minimum Gasteiger partial charge on any atom is -0.497 e. The van der Waals surface area contributed by atoms with Gasteiger partial charge in [-0.25, -0.2) is 0 Å². The van der Waals surface area contributed by atoms with Gasteiger partial charge in [-0.05, 0) is 24.3 Å². The Bertz CT molecular complexity index is 739. The molecule has 2 N–H and O–H groups in total. The van der Waals surface area contributed by atoms with Gasteiger partial charge in [0.25, 0.3) is 5.91 Å². The first-order chi connectivity index (χ1) is 11.1. The van der Waals surface area contributed by atoms with E-state index in [1.807, 2.05) is 18.2 Å². The SMILES string of the molecule is COc1ccc2[nH]c(C(=O)N3CCOC[C@H]3CC(=O)O)cc2c1. The number of nitrogens with one attached hydrogen (secondary N) is 1. The number of benzene rings is 1. The molecular formula is C16H18N2O5. The van der Waals surface area contributed by atoms with E-state index < -0.39 is 12.0 Å². The lowest BCUT2D eigenvalue weighted by Gasteiger charge is -2.34. The first kappa shape index (κ1) is 15.4. The highest BCUT2D eigenvalue weighted by Gasteiger charge is 2.30. The lowest BCUT2D eigenvalue weighted by Crippen LogP contribution is -2.49. The molecule has 7 heteroatoms. The Kier molecular flexibility index (Phi) is 4.20. The van der Waals surface area contributed by atoms with E-state index in [1.165, 1.54) is 0 Å². The summed E-state index contributed by atoms with van der Waals surface area (Å²) < 4.78 is 10.5. The van der Waals surface area contributed by atoms with Crippen molar-refractivity contribution in [1.82, 2.24) is 9.88 Å². The molecule has 1 amide bonds. The van der Waals surface area contributed by atoms with Gasteiger partial charge >= 0.3 is 5.97 Å². The number of hydrogen-bond acceptors (Lipinski definition) is 4. The van der Waals surface area contributed by atoms with E-state index in [4.69, 9.17) is 14.6 Å². The summed E-state index contributed by atoms with van der Waals surface area (Å²) in [6.07, 6.45) is -0.125. The number of H-pyrrole nitrogens is 1. The number of aromatic nitrogens is 1. The van der Waals surface area contributed by atoms with Crippen LogP contribution in [0.3, 0.4) is 0 Å². The van der Waals surface area contributed by atoms with Crippen molar-refractivity contribution in [3.05, 3.63) is 30.0 Å². The molecule has 1 aromatic carbocycles. The highest BCUT2D eigenvalue weighted by Crippen LogP contribution is 2.23. The molecule has 1 atom stereocenters. The van der Waals surface area contributed by atoms with Crippen molar-refractivity contribution in [3.63, 3.8) is 0 Å². The Balaban J connectivity index is 1.87. The second-order valence-corrected chi connectivity index (χ2v) is 5.46. The third kappa shape index (κ3) is 3.14. The number of aliphatic carboxylic acids is 1. The molecule has 1 aliphatic rings. The predicted molar refractivity (Wildman–Crippen MR) is 82.7 cm³/mol. The number of nitrogens with zero attached hydrogens (tertiary/aromatic N) is 1. The Morgan fingerprint density at radius 1 is 1.43 bits per heavy atom. The molecule has 122 valence electrons. The normalized spacial score (nSPS) is 18.1. The van der Waals surface area contributed by atoms with Gasteiger partial charge in [0.2, 0.25) is 0 Å².